The van der Waals surface area contributed by atoms with Gasteiger partial charge in [0.1, 0.15) is 5.69 Å². The Kier molecular flexibility index (Phi) is 3.26. The molecule has 1 aromatic heterocycles. The summed E-state index contributed by atoms with van der Waals surface area (Å²) in [4.78, 5) is 11.0. The number of fused-ring (bicyclic) bond motifs is 2. The number of rotatable bonds is 3. The Morgan fingerprint density at radius 1 is 1.25 bits per heavy atom. The highest BCUT2D eigenvalue weighted by Gasteiger charge is 2.24. The average molecular weight is 324 g/mol. The first-order valence-electron chi connectivity index (χ1n) is 7.43. The molecule has 7 nitrogen and oxygen atoms in total. The van der Waals surface area contributed by atoms with E-state index in [-0.39, 0.29) is 12.5 Å². The fraction of sp³-hybridized carbons (Fsp3) is 0.176. The highest BCUT2D eigenvalue weighted by Crippen LogP contribution is 2.38. The van der Waals surface area contributed by atoms with Crippen LogP contribution in [0.5, 0.6) is 11.5 Å². The number of hydrogen-bond donors (Lipinski definition) is 0. The Bertz CT molecular complexity index is 971. The van der Waals surface area contributed by atoms with E-state index in [9.17, 15) is 10.1 Å². The standard InChI is InChI=1S/C17H14N3O4/c1-19-9-11-4-2-3-5-13(11)14(18-19)6-12-7-16-17(24-10-23-16)8-15(12)20(21)22/h2-5,7-9H,6,10H2,1H3/q+1. The van der Waals surface area contributed by atoms with Crippen LogP contribution in [0.1, 0.15) is 11.3 Å². The Balaban J connectivity index is 1.85. The van der Waals surface area contributed by atoms with Gasteiger partial charge in [-0.3, -0.25) is 10.1 Å². The van der Waals surface area contributed by atoms with E-state index in [0.29, 0.717) is 23.5 Å². The van der Waals surface area contributed by atoms with E-state index in [1.165, 1.54) is 6.07 Å². The summed E-state index contributed by atoms with van der Waals surface area (Å²) < 4.78 is 12.3. The summed E-state index contributed by atoms with van der Waals surface area (Å²) in [5, 5.41) is 17.9. The van der Waals surface area contributed by atoms with Gasteiger partial charge >= 0.3 is 0 Å². The Morgan fingerprint density at radius 2 is 2.00 bits per heavy atom. The molecule has 2 heterocycles. The molecule has 0 unspecified atom stereocenters. The molecule has 0 bridgehead atoms. The molecular weight excluding hydrogens is 310 g/mol. The van der Waals surface area contributed by atoms with E-state index in [4.69, 9.17) is 9.47 Å². The maximum Gasteiger partial charge on any atom is 0.276 e. The SMILES string of the molecule is C[n+]1cc2ccccc2c(Cc2cc3c(cc2[N+](=O)[O-])OCO3)n1. The molecule has 3 aromatic rings. The van der Waals surface area contributed by atoms with Crippen molar-refractivity contribution in [1.29, 1.82) is 0 Å². The van der Waals surface area contributed by atoms with Crippen molar-refractivity contribution in [3.05, 3.63) is 64.0 Å². The van der Waals surface area contributed by atoms with Gasteiger partial charge in [-0.15, -0.1) is 0 Å². The summed E-state index contributed by atoms with van der Waals surface area (Å²) in [7, 11) is 1.84. The van der Waals surface area contributed by atoms with Gasteiger partial charge in [-0.05, 0) is 17.2 Å². The lowest BCUT2D eigenvalue weighted by atomic mass is 10.0. The number of nitro benzene ring substituents is 1. The molecule has 0 amide bonds. The van der Waals surface area contributed by atoms with E-state index in [1.54, 1.807) is 10.7 Å². The van der Waals surface area contributed by atoms with Gasteiger partial charge in [0.05, 0.1) is 11.0 Å². The molecule has 24 heavy (non-hydrogen) atoms. The largest absolute Gasteiger partial charge is 0.454 e. The van der Waals surface area contributed by atoms with Crippen LogP contribution in [0.2, 0.25) is 0 Å². The van der Waals surface area contributed by atoms with Crippen molar-refractivity contribution in [2.45, 2.75) is 6.42 Å². The number of hydrogen-bond acceptors (Lipinski definition) is 5. The van der Waals surface area contributed by atoms with Crippen molar-refractivity contribution in [3.8, 4) is 11.5 Å². The minimum atomic E-state index is -0.400. The zero-order valence-electron chi connectivity index (χ0n) is 12.9. The highest BCUT2D eigenvalue weighted by molar-refractivity contribution is 5.83. The molecule has 7 heteroatoms. The average Bonchev–Trinajstić information content (AvgIpc) is 3.01. The quantitative estimate of drug-likeness (QED) is 0.419. The molecule has 1 aliphatic heterocycles. The zero-order chi connectivity index (χ0) is 16.7. The zero-order valence-corrected chi connectivity index (χ0v) is 12.9. The van der Waals surface area contributed by atoms with Gasteiger partial charge in [0.15, 0.2) is 18.5 Å². The van der Waals surface area contributed by atoms with Crippen LogP contribution in [0, 0.1) is 10.1 Å². The van der Waals surface area contributed by atoms with E-state index in [0.717, 1.165) is 16.5 Å². The van der Waals surface area contributed by atoms with Gasteiger partial charge in [0.25, 0.3) is 5.69 Å². The molecule has 4 rings (SSSR count). The minimum Gasteiger partial charge on any atom is -0.454 e. The van der Waals surface area contributed by atoms with Crippen LogP contribution in [-0.4, -0.2) is 16.8 Å². The smallest absolute Gasteiger partial charge is 0.276 e. The molecule has 0 fully saturated rings. The third kappa shape index (κ3) is 2.40. The summed E-state index contributed by atoms with van der Waals surface area (Å²) in [5.41, 5.74) is 1.34. The molecule has 0 saturated carbocycles. The van der Waals surface area contributed by atoms with Crippen LogP contribution < -0.4 is 14.2 Å². The first-order valence-corrected chi connectivity index (χ1v) is 7.43. The molecule has 0 spiro atoms. The number of nitrogens with zero attached hydrogens (tertiary/aromatic N) is 3. The minimum absolute atomic E-state index is 0.0108. The van der Waals surface area contributed by atoms with Crippen LogP contribution >= 0.6 is 0 Å². The van der Waals surface area contributed by atoms with E-state index in [2.05, 4.69) is 5.10 Å². The van der Waals surface area contributed by atoms with Gasteiger partial charge in [-0.2, -0.15) is 0 Å². The molecule has 2 aromatic carbocycles. The second-order valence-electron chi connectivity index (χ2n) is 5.60. The van der Waals surface area contributed by atoms with Gasteiger partial charge < -0.3 is 9.47 Å². The summed E-state index contributed by atoms with van der Waals surface area (Å²) in [5.74, 6) is 0.932. The third-order valence-corrected chi connectivity index (χ3v) is 4.00. The van der Waals surface area contributed by atoms with Gasteiger partial charge in [0.2, 0.25) is 13.0 Å². The molecule has 0 atom stereocenters. The first-order chi connectivity index (χ1) is 11.6. The predicted octanol–water partition coefficient (Wildman–Crippen LogP) is 2.29. The number of aromatic nitrogens is 2. The molecular formula is C17H14N3O4+. The fourth-order valence-electron chi connectivity index (χ4n) is 2.94. The van der Waals surface area contributed by atoms with Crippen molar-refractivity contribution >= 4 is 16.5 Å². The van der Waals surface area contributed by atoms with Crippen LogP contribution in [-0.2, 0) is 13.5 Å². The summed E-state index contributed by atoms with van der Waals surface area (Å²) in [6.45, 7) is 0.0808. The molecule has 0 N–H and O–H groups in total. The highest BCUT2D eigenvalue weighted by atomic mass is 16.7. The molecule has 1 aliphatic rings. The second-order valence-corrected chi connectivity index (χ2v) is 5.60. The third-order valence-electron chi connectivity index (χ3n) is 4.00. The van der Waals surface area contributed by atoms with E-state index in [1.807, 2.05) is 37.5 Å². The maximum absolute atomic E-state index is 11.4. The maximum atomic E-state index is 11.4. The van der Waals surface area contributed by atoms with Crippen molar-refractivity contribution in [2.75, 3.05) is 6.79 Å². The normalized spacial score (nSPS) is 12.5. The van der Waals surface area contributed by atoms with Crippen LogP contribution in [0.4, 0.5) is 5.69 Å². The van der Waals surface area contributed by atoms with Gasteiger partial charge in [0, 0.05) is 22.8 Å². The first kappa shape index (κ1) is 14.4. The Labute approximate surface area is 137 Å². The lowest BCUT2D eigenvalue weighted by molar-refractivity contribution is -0.730. The summed E-state index contributed by atoms with van der Waals surface area (Å²) in [6.07, 6.45) is 2.26. The van der Waals surface area contributed by atoms with Gasteiger partial charge in [-0.1, -0.05) is 22.9 Å². The summed E-state index contributed by atoms with van der Waals surface area (Å²) >= 11 is 0. The van der Waals surface area contributed by atoms with Crippen LogP contribution in [0.25, 0.3) is 10.8 Å². The Morgan fingerprint density at radius 3 is 2.79 bits per heavy atom. The predicted molar refractivity (Wildman–Crippen MR) is 84.9 cm³/mol. The van der Waals surface area contributed by atoms with E-state index >= 15 is 0 Å². The number of aryl methyl sites for hydroxylation is 1. The van der Waals surface area contributed by atoms with Crippen molar-refractivity contribution in [2.24, 2.45) is 7.05 Å². The topological polar surface area (TPSA) is 78.4 Å². The van der Waals surface area contributed by atoms with Crippen molar-refractivity contribution in [1.82, 2.24) is 5.10 Å². The van der Waals surface area contributed by atoms with E-state index < -0.39 is 4.92 Å². The van der Waals surface area contributed by atoms with Gasteiger partial charge in [-0.25, -0.2) is 0 Å². The molecule has 0 saturated heterocycles. The van der Waals surface area contributed by atoms with Crippen molar-refractivity contribution < 1.29 is 19.1 Å². The monoisotopic (exact) mass is 324 g/mol. The van der Waals surface area contributed by atoms with Crippen LogP contribution in [0.3, 0.4) is 0 Å². The lowest BCUT2D eigenvalue weighted by Crippen LogP contribution is -2.33. The number of benzene rings is 2. The number of ether oxygens (including phenoxy) is 2. The molecule has 0 radical (unpaired) electrons. The molecule has 120 valence electrons. The van der Waals surface area contributed by atoms with Crippen molar-refractivity contribution in [3.63, 3.8) is 0 Å². The second kappa shape index (κ2) is 5.45. The van der Waals surface area contributed by atoms with Crippen LogP contribution in [0.15, 0.2) is 42.6 Å². The Hall–Kier alpha value is -3.22. The summed E-state index contributed by atoms with van der Waals surface area (Å²) in [6, 6.07) is 10.9. The lowest BCUT2D eigenvalue weighted by Gasteiger charge is -2.06. The molecule has 0 aliphatic carbocycles. The fourth-order valence-corrected chi connectivity index (χ4v) is 2.94. The number of nitro groups is 1.